The largest absolute Gasteiger partial charge is 0.353 e. The molecule has 0 saturated heterocycles. The van der Waals surface area contributed by atoms with Gasteiger partial charge in [0.1, 0.15) is 6.29 Å². The highest BCUT2D eigenvalue weighted by Crippen LogP contribution is 2.16. The highest BCUT2D eigenvalue weighted by atomic mass is 32.2. The van der Waals surface area contributed by atoms with Crippen molar-refractivity contribution in [2.75, 3.05) is 32.9 Å². The van der Waals surface area contributed by atoms with Gasteiger partial charge in [-0.25, -0.2) is 14.4 Å². The summed E-state index contributed by atoms with van der Waals surface area (Å²) in [7, 11) is 0.782. The second-order valence-corrected chi connectivity index (χ2v) is 8.11. The molecular formula is C18H29N5O3S2. The Balaban J connectivity index is 2.82. The monoisotopic (exact) mass is 427 g/mol. The zero-order chi connectivity index (χ0) is 20.8. The number of thioether (sulfide) groups is 1. The van der Waals surface area contributed by atoms with E-state index in [-0.39, 0.29) is 5.91 Å². The standard InChI is InChI=1S/C18H29N5O3S2/c1-16(25)23(19-11-12-20-28(3)26)21-18(22(2)13-7-8-14-24)27-15-17-9-5-4-6-10-17/h4-6,9-10,14,19-20H,7-8,11-13,15H2,1-3H3/b21-18-. The van der Waals surface area contributed by atoms with Gasteiger partial charge in [0, 0.05) is 52.0 Å². The number of carbonyl (C=O) groups is 2. The summed E-state index contributed by atoms with van der Waals surface area (Å²) in [6.45, 7) is 2.91. The van der Waals surface area contributed by atoms with Crippen LogP contribution >= 0.6 is 11.8 Å². The zero-order valence-corrected chi connectivity index (χ0v) is 18.2. The number of carbonyl (C=O) groups excluding carboxylic acids is 2. The van der Waals surface area contributed by atoms with Gasteiger partial charge in [-0.2, -0.15) is 5.12 Å². The SMILES string of the molecule is CC(=O)N(/N=C(\SCc1ccccc1)N(C)CCCC=O)NCCNS(C)=O. The first-order chi connectivity index (χ1) is 13.4. The van der Waals surface area contributed by atoms with Gasteiger partial charge in [-0.3, -0.25) is 4.79 Å². The highest BCUT2D eigenvalue weighted by Gasteiger charge is 2.13. The van der Waals surface area contributed by atoms with Gasteiger partial charge in [0.2, 0.25) is 0 Å². The quantitative estimate of drug-likeness (QED) is 0.172. The van der Waals surface area contributed by atoms with Crippen LogP contribution in [-0.4, -0.2) is 64.5 Å². The molecule has 0 aliphatic rings. The fourth-order valence-electron chi connectivity index (χ4n) is 2.10. The van der Waals surface area contributed by atoms with E-state index in [2.05, 4.69) is 15.2 Å². The van der Waals surface area contributed by atoms with Crippen LogP contribution in [0.5, 0.6) is 0 Å². The number of unbranched alkanes of at least 4 members (excludes halogenated alkanes) is 1. The van der Waals surface area contributed by atoms with Gasteiger partial charge < -0.3 is 9.69 Å². The van der Waals surface area contributed by atoms with E-state index in [1.54, 1.807) is 6.26 Å². The molecule has 1 amide bonds. The Labute approximate surface area is 173 Å². The van der Waals surface area contributed by atoms with Gasteiger partial charge in [0.15, 0.2) is 5.17 Å². The molecule has 1 rings (SSSR count). The van der Waals surface area contributed by atoms with Crippen molar-refractivity contribution < 1.29 is 13.8 Å². The van der Waals surface area contributed by atoms with E-state index in [0.717, 1.165) is 11.8 Å². The summed E-state index contributed by atoms with van der Waals surface area (Å²) in [6, 6.07) is 10.00. The van der Waals surface area contributed by atoms with Crippen molar-refractivity contribution in [1.82, 2.24) is 20.2 Å². The molecular weight excluding hydrogens is 398 g/mol. The van der Waals surface area contributed by atoms with Crippen LogP contribution < -0.4 is 10.1 Å². The average Bonchev–Trinajstić information content (AvgIpc) is 2.67. The molecule has 0 radical (unpaired) electrons. The third kappa shape index (κ3) is 10.5. The van der Waals surface area contributed by atoms with Gasteiger partial charge >= 0.3 is 0 Å². The van der Waals surface area contributed by atoms with Crippen LogP contribution in [0.15, 0.2) is 35.4 Å². The molecule has 0 heterocycles. The minimum Gasteiger partial charge on any atom is -0.353 e. The molecule has 1 atom stereocenters. The number of hydrazine groups is 1. The Hall–Kier alpha value is -1.75. The molecule has 1 aromatic rings. The minimum absolute atomic E-state index is 0.253. The predicted octanol–water partition coefficient (Wildman–Crippen LogP) is 1.34. The summed E-state index contributed by atoms with van der Waals surface area (Å²) >= 11 is 1.52. The van der Waals surface area contributed by atoms with Crippen LogP contribution in [0.1, 0.15) is 25.3 Å². The Morgan fingerprint density at radius 3 is 2.61 bits per heavy atom. The number of rotatable bonds is 12. The minimum atomic E-state index is -1.11. The van der Waals surface area contributed by atoms with Crippen LogP contribution in [0, 0.1) is 0 Å². The molecule has 0 aliphatic carbocycles. The molecule has 0 saturated carbocycles. The second-order valence-electron chi connectivity index (χ2n) is 5.97. The number of hydrazone groups is 1. The van der Waals surface area contributed by atoms with E-state index < -0.39 is 11.0 Å². The summed E-state index contributed by atoms with van der Waals surface area (Å²) in [4.78, 5) is 24.5. The highest BCUT2D eigenvalue weighted by molar-refractivity contribution is 8.13. The van der Waals surface area contributed by atoms with E-state index in [0.29, 0.717) is 43.4 Å². The lowest BCUT2D eigenvalue weighted by Crippen LogP contribution is -2.43. The number of aldehydes is 1. The number of hydrogen-bond acceptors (Lipinski definition) is 6. The third-order valence-corrected chi connectivity index (χ3v) is 5.27. The molecule has 0 bridgehead atoms. The van der Waals surface area contributed by atoms with Crippen molar-refractivity contribution >= 4 is 40.1 Å². The van der Waals surface area contributed by atoms with Crippen LogP contribution in [0.2, 0.25) is 0 Å². The summed E-state index contributed by atoms with van der Waals surface area (Å²) in [5.41, 5.74) is 4.08. The van der Waals surface area contributed by atoms with E-state index in [9.17, 15) is 13.8 Å². The first-order valence-corrected chi connectivity index (χ1v) is 11.5. The number of hydrogen-bond donors (Lipinski definition) is 2. The van der Waals surface area contributed by atoms with Gasteiger partial charge in [-0.15, -0.1) is 5.10 Å². The zero-order valence-electron chi connectivity index (χ0n) is 16.6. The van der Waals surface area contributed by atoms with Crippen molar-refractivity contribution in [2.45, 2.75) is 25.5 Å². The Bertz CT molecular complexity index is 658. The van der Waals surface area contributed by atoms with E-state index >= 15 is 0 Å². The van der Waals surface area contributed by atoms with Gasteiger partial charge in [0.05, 0.1) is 11.0 Å². The van der Waals surface area contributed by atoms with Crippen molar-refractivity contribution in [1.29, 1.82) is 0 Å². The molecule has 0 fully saturated rings. The Kier molecular flexibility index (Phi) is 12.4. The van der Waals surface area contributed by atoms with Crippen molar-refractivity contribution in [2.24, 2.45) is 5.10 Å². The molecule has 0 spiro atoms. The molecule has 1 unspecified atom stereocenters. The number of nitrogens with zero attached hydrogens (tertiary/aromatic N) is 3. The fourth-order valence-corrected chi connectivity index (χ4v) is 3.43. The van der Waals surface area contributed by atoms with Crippen molar-refractivity contribution in [3.05, 3.63) is 35.9 Å². The molecule has 8 nitrogen and oxygen atoms in total. The normalized spacial score (nSPS) is 12.5. The third-order valence-electron chi connectivity index (χ3n) is 3.53. The molecule has 2 N–H and O–H groups in total. The molecule has 156 valence electrons. The topological polar surface area (TPSA) is 94.1 Å². The van der Waals surface area contributed by atoms with Gasteiger partial charge in [-0.05, 0) is 12.0 Å². The van der Waals surface area contributed by atoms with Gasteiger partial charge in [0.25, 0.3) is 5.91 Å². The Morgan fingerprint density at radius 2 is 2.00 bits per heavy atom. The Morgan fingerprint density at radius 1 is 1.29 bits per heavy atom. The maximum Gasteiger partial charge on any atom is 0.254 e. The summed E-state index contributed by atoms with van der Waals surface area (Å²) in [5, 5.41) is 6.34. The molecule has 28 heavy (non-hydrogen) atoms. The van der Waals surface area contributed by atoms with Crippen LogP contribution in [0.3, 0.4) is 0 Å². The summed E-state index contributed by atoms with van der Waals surface area (Å²) < 4.78 is 13.8. The first-order valence-electron chi connectivity index (χ1n) is 8.95. The predicted molar refractivity (Wildman–Crippen MR) is 116 cm³/mol. The lowest BCUT2D eigenvalue weighted by molar-refractivity contribution is -0.132. The smallest absolute Gasteiger partial charge is 0.254 e. The first kappa shape index (κ1) is 24.3. The van der Waals surface area contributed by atoms with E-state index in [1.807, 2.05) is 42.3 Å². The summed E-state index contributed by atoms with van der Waals surface area (Å²) in [5.74, 6) is 0.455. The van der Waals surface area contributed by atoms with Crippen molar-refractivity contribution in [3.8, 4) is 0 Å². The number of benzene rings is 1. The van der Waals surface area contributed by atoms with Gasteiger partial charge in [-0.1, -0.05) is 42.1 Å². The van der Waals surface area contributed by atoms with E-state index in [4.69, 9.17) is 0 Å². The van der Waals surface area contributed by atoms with Crippen LogP contribution in [-0.2, 0) is 26.3 Å². The van der Waals surface area contributed by atoms with Crippen LogP contribution in [0.25, 0.3) is 0 Å². The number of amides is 1. The average molecular weight is 428 g/mol. The number of nitrogens with one attached hydrogen (secondary N) is 2. The van der Waals surface area contributed by atoms with Crippen molar-refractivity contribution in [3.63, 3.8) is 0 Å². The summed E-state index contributed by atoms with van der Waals surface area (Å²) in [6.07, 6.45) is 3.64. The molecule has 0 aromatic heterocycles. The lowest BCUT2D eigenvalue weighted by Gasteiger charge is -2.24. The lowest BCUT2D eigenvalue weighted by atomic mass is 10.2. The maximum atomic E-state index is 12.0. The molecule has 10 heteroatoms. The van der Waals surface area contributed by atoms with Crippen LogP contribution in [0.4, 0.5) is 0 Å². The number of amidine groups is 1. The maximum absolute atomic E-state index is 12.0. The fraction of sp³-hybridized carbons (Fsp3) is 0.500. The van der Waals surface area contributed by atoms with E-state index in [1.165, 1.54) is 23.8 Å². The molecule has 0 aliphatic heterocycles. The second kappa shape index (κ2) is 14.3. The molecule has 1 aromatic carbocycles.